The van der Waals surface area contributed by atoms with Crippen LogP contribution in [0.4, 0.5) is 26.3 Å². The average molecular weight is 441 g/mol. The van der Waals surface area contributed by atoms with Crippen molar-refractivity contribution in [3.05, 3.63) is 58.3 Å². The number of nitrogens with zero attached hydrogens (tertiary/aromatic N) is 2. The molecule has 1 aliphatic carbocycles. The third-order valence-electron chi connectivity index (χ3n) is 5.78. The largest absolute Gasteiger partial charge is 0.433 e. The molecule has 1 N–H and O–H groups in total. The van der Waals surface area contributed by atoms with Crippen LogP contribution in [0.1, 0.15) is 42.9 Å². The van der Waals surface area contributed by atoms with Crippen LogP contribution in [0.5, 0.6) is 0 Å². The summed E-state index contributed by atoms with van der Waals surface area (Å²) in [4.78, 5) is 22.8. The first-order valence-electron chi connectivity index (χ1n) is 9.65. The molecule has 1 saturated carbocycles. The molecular formula is C21H17F6N3O. The van der Waals surface area contributed by atoms with Crippen molar-refractivity contribution in [3.8, 4) is 11.3 Å². The topological polar surface area (TPSA) is 58.6 Å². The molecule has 0 bridgehead atoms. The number of nitrogens with one attached hydrogen (secondary N) is 1. The van der Waals surface area contributed by atoms with Gasteiger partial charge in [-0.25, -0.2) is 0 Å². The first kappa shape index (κ1) is 21.3. The Labute approximate surface area is 172 Å². The van der Waals surface area contributed by atoms with Crippen LogP contribution in [0.15, 0.2) is 41.6 Å². The van der Waals surface area contributed by atoms with Crippen molar-refractivity contribution in [2.75, 3.05) is 0 Å². The van der Waals surface area contributed by atoms with Crippen LogP contribution in [-0.2, 0) is 6.18 Å². The van der Waals surface area contributed by atoms with Crippen LogP contribution in [0, 0.1) is 5.92 Å². The summed E-state index contributed by atoms with van der Waals surface area (Å²) in [6, 6.07) is 3.56. The molecule has 0 aliphatic heterocycles. The molecule has 0 unspecified atom stereocenters. The number of aromatic amines is 1. The maximum absolute atomic E-state index is 13.3. The fraction of sp³-hybridized carbons (Fsp3) is 0.381. The Morgan fingerprint density at radius 1 is 0.968 bits per heavy atom. The molecule has 4 rings (SSSR count). The van der Waals surface area contributed by atoms with Crippen molar-refractivity contribution in [3.63, 3.8) is 0 Å². The number of rotatable bonds is 2. The van der Waals surface area contributed by atoms with Gasteiger partial charge in [0.1, 0.15) is 5.69 Å². The first-order valence-corrected chi connectivity index (χ1v) is 9.65. The number of halogens is 6. The van der Waals surface area contributed by atoms with Crippen LogP contribution in [0.25, 0.3) is 22.2 Å². The van der Waals surface area contributed by atoms with Gasteiger partial charge < -0.3 is 4.98 Å². The summed E-state index contributed by atoms with van der Waals surface area (Å²) in [6.07, 6.45) is -4.99. The molecule has 0 saturated heterocycles. The van der Waals surface area contributed by atoms with E-state index in [2.05, 4.69) is 15.0 Å². The number of pyridine rings is 3. The second-order valence-electron chi connectivity index (χ2n) is 7.71. The maximum Gasteiger partial charge on any atom is 0.433 e. The minimum Gasteiger partial charge on any atom is -0.354 e. The number of hydrogen-bond acceptors (Lipinski definition) is 3. The number of alkyl halides is 6. The van der Waals surface area contributed by atoms with E-state index in [0.717, 1.165) is 12.3 Å². The van der Waals surface area contributed by atoms with E-state index in [1.807, 2.05) is 0 Å². The van der Waals surface area contributed by atoms with E-state index < -0.39 is 29.4 Å². The molecule has 3 heterocycles. The van der Waals surface area contributed by atoms with Crippen molar-refractivity contribution in [2.24, 2.45) is 5.92 Å². The highest BCUT2D eigenvalue weighted by atomic mass is 19.4. The number of hydrogen-bond donors (Lipinski definition) is 1. The zero-order valence-electron chi connectivity index (χ0n) is 16.0. The van der Waals surface area contributed by atoms with Gasteiger partial charge in [0.15, 0.2) is 5.43 Å². The predicted octanol–water partition coefficient (Wildman–Crippen LogP) is 5.84. The lowest BCUT2D eigenvalue weighted by Gasteiger charge is -2.31. The number of aromatic nitrogens is 3. The van der Waals surface area contributed by atoms with Crippen molar-refractivity contribution < 1.29 is 26.3 Å². The molecule has 0 spiro atoms. The fourth-order valence-corrected chi connectivity index (χ4v) is 4.15. The first-order chi connectivity index (χ1) is 14.5. The van der Waals surface area contributed by atoms with E-state index >= 15 is 0 Å². The molecular weight excluding hydrogens is 424 g/mol. The fourth-order valence-electron chi connectivity index (χ4n) is 4.15. The molecule has 31 heavy (non-hydrogen) atoms. The summed E-state index contributed by atoms with van der Waals surface area (Å²) in [5, 5.41) is 0.281. The van der Waals surface area contributed by atoms with Crippen LogP contribution in [-0.4, -0.2) is 21.1 Å². The van der Waals surface area contributed by atoms with Gasteiger partial charge >= 0.3 is 12.4 Å². The summed E-state index contributed by atoms with van der Waals surface area (Å²) >= 11 is 0. The van der Waals surface area contributed by atoms with Gasteiger partial charge in [0.2, 0.25) is 0 Å². The van der Waals surface area contributed by atoms with E-state index in [0.29, 0.717) is 11.1 Å². The zero-order chi connectivity index (χ0) is 22.4. The van der Waals surface area contributed by atoms with Crippen molar-refractivity contribution in [2.45, 2.75) is 44.0 Å². The van der Waals surface area contributed by atoms with Gasteiger partial charge in [0.25, 0.3) is 0 Å². The van der Waals surface area contributed by atoms with E-state index in [4.69, 9.17) is 0 Å². The van der Waals surface area contributed by atoms with E-state index in [1.165, 1.54) is 24.5 Å². The summed E-state index contributed by atoms with van der Waals surface area (Å²) in [5.41, 5.74) is -0.481. The third-order valence-corrected chi connectivity index (χ3v) is 5.78. The van der Waals surface area contributed by atoms with Crippen LogP contribution in [0.2, 0.25) is 0 Å². The second kappa shape index (κ2) is 7.65. The highest BCUT2D eigenvalue weighted by Crippen LogP contribution is 2.45. The van der Waals surface area contributed by atoms with Crippen LogP contribution in [0.3, 0.4) is 0 Å². The van der Waals surface area contributed by atoms with Gasteiger partial charge in [-0.2, -0.15) is 26.3 Å². The normalized spacial score (nSPS) is 20.2. The van der Waals surface area contributed by atoms with Gasteiger partial charge in [-0.3, -0.25) is 14.8 Å². The van der Waals surface area contributed by atoms with Crippen molar-refractivity contribution in [1.29, 1.82) is 0 Å². The maximum atomic E-state index is 13.3. The highest BCUT2D eigenvalue weighted by Gasteiger charge is 2.42. The lowest BCUT2D eigenvalue weighted by Crippen LogP contribution is -2.27. The smallest absolute Gasteiger partial charge is 0.354 e. The van der Waals surface area contributed by atoms with Crippen molar-refractivity contribution in [1.82, 2.24) is 15.0 Å². The average Bonchev–Trinajstić information content (AvgIpc) is 2.72. The summed E-state index contributed by atoms with van der Waals surface area (Å²) in [5.74, 6) is -1.80. The molecule has 1 fully saturated rings. The van der Waals surface area contributed by atoms with Crippen molar-refractivity contribution >= 4 is 10.9 Å². The lowest BCUT2D eigenvalue weighted by atomic mass is 9.77. The van der Waals surface area contributed by atoms with Crippen LogP contribution < -0.4 is 5.43 Å². The van der Waals surface area contributed by atoms with Gasteiger partial charge in [0.05, 0.1) is 22.5 Å². The molecule has 0 amide bonds. The molecule has 3 aromatic heterocycles. The molecule has 0 aromatic carbocycles. The van der Waals surface area contributed by atoms with E-state index in [-0.39, 0.29) is 48.2 Å². The molecule has 4 nitrogen and oxygen atoms in total. The van der Waals surface area contributed by atoms with Crippen LogP contribution >= 0.6 is 0 Å². The molecule has 1 aliphatic rings. The van der Waals surface area contributed by atoms with Gasteiger partial charge in [0, 0.05) is 30.2 Å². The van der Waals surface area contributed by atoms with Gasteiger partial charge in [-0.15, -0.1) is 0 Å². The Kier molecular flexibility index (Phi) is 5.26. The second-order valence-corrected chi connectivity index (χ2v) is 7.71. The van der Waals surface area contributed by atoms with Gasteiger partial charge in [-0.05, 0) is 49.3 Å². The summed E-state index contributed by atoms with van der Waals surface area (Å²) in [7, 11) is 0. The number of H-pyrrole nitrogens is 1. The summed E-state index contributed by atoms with van der Waals surface area (Å²) in [6.45, 7) is 0. The van der Waals surface area contributed by atoms with E-state index in [1.54, 1.807) is 0 Å². The lowest BCUT2D eigenvalue weighted by molar-refractivity contribution is -0.182. The monoisotopic (exact) mass is 441 g/mol. The minimum atomic E-state index is -4.71. The molecule has 0 radical (unpaired) electrons. The SMILES string of the molecule is O=c1cc(-c2cc(C(F)(F)F)ncc2C2CCC(C(F)(F)F)CC2)[nH]c2ccncc12. The Bertz CT molecular complexity index is 1160. The Morgan fingerprint density at radius 3 is 2.32 bits per heavy atom. The molecule has 164 valence electrons. The molecule has 10 heteroatoms. The highest BCUT2D eigenvalue weighted by molar-refractivity contribution is 5.81. The third kappa shape index (κ3) is 4.28. The summed E-state index contributed by atoms with van der Waals surface area (Å²) < 4.78 is 78.9. The minimum absolute atomic E-state index is 0.103. The van der Waals surface area contributed by atoms with E-state index in [9.17, 15) is 31.1 Å². The Balaban J connectivity index is 1.80. The number of fused-ring (bicyclic) bond motifs is 1. The quantitative estimate of drug-likeness (QED) is 0.509. The Hall–Kier alpha value is -2.91. The standard InChI is InChI=1S/C21H17F6N3O/c22-20(23,24)12-3-1-11(2-4-12)14-10-29-19(21(25,26)27)7-13(14)17-8-18(31)15-9-28-6-5-16(15)30-17/h5-12H,1-4H2,(H,30,31). The molecule has 3 aromatic rings. The zero-order valence-corrected chi connectivity index (χ0v) is 16.0. The molecule has 0 atom stereocenters. The predicted molar refractivity (Wildman–Crippen MR) is 101 cm³/mol. The van der Waals surface area contributed by atoms with Gasteiger partial charge in [-0.1, -0.05) is 0 Å². The Morgan fingerprint density at radius 2 is 1.68 bits per heavy atom.